The molecule has 1 heterocycles. The van der Waals surface area contributed by atoms with Crippen molar-refractivity contribution in [3.63, 3.8) is 0 Å². The normalized spacial score (nSPS) is 15.6. The standard InChI is InChI=1S/C13H21N3O3S/c1-5-14-13(4,11(18)19)7-9(3)20-12-15-8(2)6-10(17)16-12/h6,9,14H,5,7H2,1-4H3,(H,18,19)(H,15,16,17). The number of nitrogens with one attached hydrogen (secondary N) is 2. The number of carboxylic acid groups (broad SMARTS) is 1. The van der Waals surface area contributed by atoms with Gasteiger partial charge in [-0.2, -0.15) is 0 Å². The Labute approximate surface area is 122 Å². The molecule has 1 aromatic rings. The summed E-state index contributed by atoms with van der Waals surface area (Å²) in [6, 6.07) is 1.43. The fraction of sp³-hybridized carbons (Fsp3) is 0.615. The van der Waals surface area contributed by atoms with E-state index < -0.39 is 11.5 Å². The van der Waals surface area contributed by atoms with Gasteiger partial charge >= 0.3 is 5.97 Å². The summed E-state index contributed by atoms with van der Waals surface area (Å²) in [5.41, 5.74) is -0.526. The Morgan fingerprint density at radius 1 is 1.65 bits per heavy atom. The molecule has 6 nitrogen and oxygen atoms in total. The van der Waals surface area contributed by atoms with Gasteiger partial charge in [-0.3, -0.25) is 9.59 Å². The van der Waals surface area contributed by atoms with Crippen LogP contribution in [0.25, 0.3) is 0 Å². The minimum absolute atomic E-state index is 0.0000926. The lowest BCUT2D eigenvalue weighted by Gasteiger charge is -2.28. The third-order valence-corrected chi connectivity index (χ3v) is 3.88. The molecule has 0 aliphatic heterocycles. The maximum atomic E-state index is 11.4. The zero-order chi connectivity index (χ0) is 15.3. The largest absolute Gasteiger partial charge is 0.480 e. The monoisotopic (exact) mass is 299 g/mol. The number of aromatic nitrogens is 2. The Kier molecular flexibility index (Phi) is 5.76. The van der Waals surface area contributed by atoms with Gasteiger partial charge in [0.2, 0.25) is 0 Å². The first-order valence-electron chi connectivity index (χ1n) is 6.50. The van der Waals surface area contributed by atoms with Crippen LogP contribution in [0.3, 0.4) is 0 Å². The van der Waals surface area contributed by atoms with Crippen molar-refractivity contribution in [1.82, 2.24) is 15.3 Å². The molecule has 0 saturated heterocycles. The first-order valence-corrected chi connectivity index (χ1v) is 7.38. The van der Waals surface area contributed by atoms with Crippen LogP contribution in [-0.2, 0) is 4.79 Å². The number of nitrogens with zero attached hydrogens (tertiary/aromatic N) is 1. The molecule has 7 heteroatoms. The Morgan fingerprint density at radius 3 is 2.80 bits per heavy atom. The van der Waals surface area contributed by atoms with Crippen molar-refractivity contribution < 1.29 is 9.90 Å². The van der Waals surface area contributed by atoms with Crippen molar-refractivity contribution >= 4 is 17.7 Å². The summed E-state index contributed by atoms with van der Waals surface area (Å²) in [5, 5.41) is 12.8. The molecule has 20 heavy (non-hydrogen) atoms. The number of aromatic amines is 1. The van der Waals surface area contributed by atoms with E-state index >= 15 is 0 Å². The lowest BCUT2D eigenvalue weighted by Crippen LogP contribution is -2.50. The quantitative estimate of drug-likeness (QED) is 0.520. The van der Waals surface area contributed by atoms with E-state index in [9.17, 15) is 14.7 Å². The fourth-order valence-electron chi connectivity index (χ4n) is 2.04. The number of rotatable bonds is 7. The highest BCUT2D eigenvalue weighted by Crippen LogP contribution is 2.26. The molecule has 0 spiro atoms. The number of likely N-dealkylation sites (N-methyl/N-ethyl adjacent to an activating group) is 1. The Morgan fingerprint density at radius 2 is 2.30 bits per heavy atom. The zero-order valence-corrected chi connectivity index (χ0v) is 13.0. The van der Waals surface area contributed by atoms with Gasteiger partial charge < -0.3 is 15.4 Å². The highest BCUT2D eigenvalue weighted by atomic mass is 32.2. The van der Waals surface area contributed by atoms with E-state index in [1.54, 1.807) is 13.8 Å². The van der Waals surface area contributed by atoms with Crippen LogP contribution >= 0.6 is 11.8 Å². The molecule has 2 atom stereocenters. The number of carboxylic acids is 1. The third kappa shape index (κ3) is 4.64. The molecule has 1 rings (SSSR count). The van der Waals surface area contributed by atoms with Crippen LogP contribution in [0.5, 0.6) is 0 Å². The molecule has 0 bridgehead atoms. The fourth-order valence-corrected chi connectivity index (χ4v) is 3.19. The number of carbonyl (C=O) groups is 1. The SMILES string of the molecule is CCNC(C)(CC(C)Sc1nc(C)cc(=O)[nH]1)C(=O)O. The Balaban J connectivity index is 2.77. The highest BCUT2D eigenvalue weighted by molar-refractivity contribution is 7.99. The first kappa shape index (κ1) is 16.7. The maximum Gasteiger partial charge on any atom is 0.323 e. The summed E-state index contributed by atoms with van der Waals surface area (Å²) in [5.74, 6) is -0.877. The summed E-state index contributed by atoms with van der Waals surface area (Å²) in [4.78, 5) is 29.6. The van der Waals surface area contributed by atoms with E-state index in [-0.39, 0.29) is 10.8 Å². The van der Waals surface area contributed by atoms with Crippen LogP contribution in [0.4, 0.5) is 0 Å². The Hall–Kier alpha value is -1.34. The molecule has 2 unspecified atom stereocenters. The molecule has 0 aliphatic carbocycles. The summed E-state index contributed by atoms with van der Waals surface area (Å²) in [6.07, 6.45) is 0.429. The van der Waals surface area contributed by atoms with E-state index in [2.05, 4.69) is 15.3 Å². The van der Waals surface area contributed by atoms with Crippen molar-refractivity contribution in [2.75, 3.05) is 6.54 Å². The molecule has 0 fully saturated rings. The molecule has 0 aliphatic rings. The highest BCUT2D eigenvalue weighted by Gasteiger charge is 2.34. The van der Waals surface area contributed by atoms with Crippen molar-refractivity contribution in [2.45, 2.75) is 50.1 Å². The number of aryl methyl sites for hydroxylation is 1. The van der Waals surface area contributed by atoms with Crippen molar-refractivity contribution in [2.24, 2.45) is 0 Å². The van der Waals surface area contributed by atoms with Crippen molar-refractivity contribution in [3.8, 4) is 0 Å². The van der Waals surface area contributed by atoms with Gasteiger partial charge in [0.05, 0.1) is 0 Å². The summed E-state index contributed by atoms with van der Waals surface area (Å²) in [7, 11) is 0. The van der Waals surface area contributed by atoms with E-state index in [1.807, 2.05) is 13.8 Å². The minimum Gasteiger partial charge on any atom is -0.480 e. The molecule has 0 aromatic carbocycles. The number of hydrogen-bond donors (Lipinski definition) is 3. The second kappa shape index (κ2) is 6.90. The number of thioether (sulfide) groups is 1. The minimum atomic E-state index is -0.981. The second-order valence-electron chi connectivity index (χ2n) is 4.99. The predicted octanol–water partition coefficient (Wildman–Crippen LogP) is 1.40. The summed E-state index contributed by atoms with van der Waals surface area (Å²) in [6.45, 7) is 7.80. The molecular weight excluding hydrogens is 278 g/mol. The molecule has 0 radical (unpaired) electrons. The van der Waals surface area contributed by atoms with E-state index in [0.717, 1.165) is 0 Å². The molecule has 0 amide bonds. The molecule has 1 aromatic heterocycles. The molecular formula is C13H21N3O3S. The maximum absolute atomic E-state index is 11.4. The number of aliphatic carboxylic acids is 1. The van der Waals surface area contributed by atoms with Gasteiger partial charge in [0.25, 0.3) is 5.56 Å². The van der Waals surface area contributed by atoms with Crippen LogP contribution in [0, 0.1) is 6.92 Å². The van der Waals surface area contributed by atoms with Gasteiger partial charge in [-0.1, -0.05) is 25.6 Å². The zero-order valence-electron chi connectivity index (χ0n) is 12.2. The van der Waals surface area contributed by atoms with Crippen LogP contribution in [0.15, 0.2) is 16.0 Å². The molecule has 112 valence electrons. The summed E-state index contributed by atoms with van der Waals surface area (Å²) < 4.78 is 0. The average molecular weight is 299 g/mol. The van der Waals surface area contributed by atoms with Crippen LogP contribution in [0.1, 0.15) is 32.9 Å². The van der Waals surface area contributed by atoms with Crippen LogP contribution in [0.2, 0.25) is 0 Å². The van der Waals surface area contributed by atoms with Gasteiger partial charge in [-0.15, -0.1) is 0 Å². The van der Waals surface area contributed by atoms with E-state index in [4.69, 9.17) is 0 Å². The number of hydrogen-bond acceptors (Lipinski definition) is 5. The topological polar surface area (TPSA) is 95.1 Å². The smallest absolute Gasteiger partial charge is 0.323 e. The predicted molar refractivity (Wildman–Crippen MR) is 79.2 cm³/mol. The number of H-pyrrole nitrogens is 1. The van der Waals surface area contributed by atoms with Crippen molar-refractivity contribution in [1.29, 1.82) is 0 Å². The van der Waals surface area contributed by atoms with E-state index in [1.165, 1.54) is 17.8 Å². The lowest BCUT2D eigenvalue weighted by molar-refractivity contribution is -0.144. The third-order valence-electron chi connectivity index (χ3n) is 2.90. The van der Waals surface area contributed by atoms with Crippen LogP contribution in [-0.4, -0.2) is 38.4 Å². The average Bonchev–Trinajstić information content (AvgIpc) is 2.26. The van der Waals surface area contributed by atoms with Gasteiger partial charge in [0.15, 0.2) is 5.16 Å². The van der Waals surface area contributed by atoms with Crippen molar-refractivity contribution in [3.05, 3.63) is 22.1 Å². The van der Waals surface area contributed by atoms with Crippen LogP contribution < -0.4 is 10.9 Å². The second-order valence-corrected chi connectivity index (χ2v) is 6.42. The Bertz CT molecular complexity index is 532. The van der Waals surface area contributed by atoms with Gasteiger partial charge in [-0.25, -0.2) is 4.98 Å². The van der Waals surface area contributed by atoms with Gasteiger partial charge in [-0.05, 0) is 26.8 Å². The van der Waals surface area contributed by atoms with Gasteiger partial charge in [0, 0.05) is 17.0 Å². The molecule has 0 saturated carbocycles. The molecule has 3 N–H and O–H groups in total. The summed E-state index contributed by atoms with van der Waals surface area (Å²) >= 11 is 1.37. The van der Waals surface area contributed by atoms with E-state index in [0.29, 0.717) is 23.8 Å². The van der Waals surface area contributed by atoms with Gasteiger partial charge in [0.1, 0.15) is 5.54 Å². The first-order chi connectivity index (χ1) is 9.26. The lowest BCUT2D eigenvalue weighted by atomic mass is 9.96.